The second-order valence-electron chi connectivity index (χ2n) is 6.76. The standard InChI is InChI=1S/C19H27N5O2/c1-5-20-19(24-11-13(2)14(12-24)18(25)26-4)21-10-17-22-15-8-6-7-9-16(15)23(17)3/h6-9,13-14H,5,10-12H2,1-4H3,(H,20,21). The van der Waals surface area contributed by atoms with Gasteiger partial charge in [0.15, 0.2) is 5.96 Å². The summed E-state index contributed by atoms with van der Waals surface area (Å²) in [5.41, 5.74) is 2.08. The lowest BCUT2D eigenvalue weighted by atomic mass is 9.99. The van der Waals surface area contributed by atoms with Gasteiger partial charge in [-0.05, 0) is 25.0 Å². The molecule has 2 unspecified atom stereocenters. The van der Waals surface area contributed by atoms with Gasteiger partial charge in [0.2, 0.25) is 0 Å². The van der Waals surface area contributed by atoms with Gasteiger partial charge in [-0.25, -0.2) is 9.98 Å². The number of aliphatic imine (C=N–C) groups is 1. The predicted octanol–water partition coefficient (Wildman–Crippen LogP) is 1.78. The number of carbonyl (C=O) groups excluding carboxylic acids is 1. The van der Waals surface area contributed by atoms with Crippen LogP contribution >= 0.6 is 0 Å². The molecule has 7 heteroatoms. The number of aryl methyl sites for hydroxylation is 1. The van der Waals surface area contributed by atoms with Crippen molar-refractivity contribution < 1.29 is 9.53 Å². The number of rotatable bonds is 4. The molecule has 0 amide bonds. The van der Waals surface area contributed by atoms with E-state index in [9.17, 15) is 4.79 Å². The number of nitrogens with one attached hydrogen (secondary N) is 1. The number of aromatic nitrogens is 2. The summed E-state index contributed by atoms with van der Waals surface area (Å²) < 4.78 is 7.01. The molecule has 1 N–H and O–H groups in total. The number of ether oxygens (including phenoxy) is 1. The lowest BCUT2D eigenvalue weighted by molar-refractivity contribution is -0.145. The van der Waals surface area contributed by atoms with Gasteiger partial charge in [0.25, 0.3) is 0 Å². The first-order valence-electron chi connectivity index (χ1n) is 9.06. The van der Waals surface area contributed by atoms with Gasteiger partial charge in [-0.3, -0.25) is 4.79 Å². The number of hydrogen-bond acceptors (Lipinski definition) is 4. The maximum Gasteiger partial charge on any atom is 0.310 e. The van der Waals surface area contributed by atoms with E-state index in [-0.39, 0.29) is 17.8 Å². The molecule has 0 bridgehead atoms. The van der Waals surface area contributed by atoms with Crippen molar-refractivity contribution in [3.8, 4) is 0 Å². The van der Waals surface area contributed by atoms with Crippen molar-refractivity contribution in [2.75, 3.05) is 26.7 Å². The molecule has 2 atom stereocenters. The van der Waals surface area contributed by atoms with Crippen LogP contribution in [0.1, 0.15) is 19.7 Å². The zero-order chi connectivity index (χ0) is 18.7. The van der Waals surface area contributed by atoms with Crippen molar-refractivity contribution in [3.63, 3.8) is 0 Å². The third kappa shape index (κ3) is 3.52. The van der Waals surface area contributed by atoms with Crippen molar-refractivity contribution in [3.05, 3.63) is 30.1 Å². The van der Waals surface area contributed by atoms with Gasteiger partial charge in [0.05, 0.1) is 24.1 Å². The second kappa shape index (κ2) is 7.76. The quantitative estimate of drug-likeness (QED) is 0.513. The summed E-state index contributed by atoms with van der Waals surface area (Å²) in [6, 6.07) is 8.07. The van der Waals surface area contributed by atoms with Crippen molar-refractivity contribution in [2.24, 2.45) is 23.9 Å². The smallest absolute Gasteiger partial charge is 0.310 e. The highest BCUT2D eigenvalue weighted by molar-refractivity contribution is 5.82. The Morgan fingerprint density at radius 3 is 2.85 bits per heavy atom. The van der Waals surface area contributed by atoms with Gasteiger partial charge < -0.3 is 19.5 Å². The Balaban J connectivity index is 1.79. The first kappa shape index (κ1) is 18.2. The number of methoxy groups -OCH3 is 1. The fraction of sp³-hybridized carbons (Fsp3) is 0.526. The van der Waals surface area contributed by atoms with Gasteiger partial charge in [-0.1, -0.05) is 19.1 Å². The van der Waals surface area contributed by atoms with E-state index in [2.05, 4.69) is 32.8 Å². The number of carbonyl (C=O) groups is 1. The summed E-state index contributed by atoms with van der Waals surface area (Å²) >= 11 is 0. The number of fused-ring (bicyclic) bond motifs is 1. The molecule has 0 saturated carbocycles. The van der Waals surface area contributed by atoms with Crippen LogP contribution in [0.5, 0.6) is 0 Å². The van der Waals surface area contributed by atoms with Crippen LogP contribution in [0.4, 0.5) is 0 Å². The summed E-state index contributed by atoms with van der Waals surface area (Å²) in [5.74, 6) is 1.71. The van der Waals surface area contributed by atoms with Crippen molar-refractivity contribution in [1.82, 2.24) is 19.8 Å². The number of imidazole rings is 1. The van der Waals surface area contributed by atoms with Crippen LogP contribution in [-0.2, 0) is 23.1 Å². The van der Waals surface area contributed by atoms with Crippen LogP contribution in [0.2, 0.25) is 0 Å². The fourth-order valence-electron chi connectivity index (χ4n) is 3.51. The molecule has 1 saturated heterocycles. The molecule has 0 aliphatic carbocycles. The van der Waals surface area contributed by atoms with Gasteiger partial charge in [0.1, 0.15) is 12.4 Å². The molecule has 1 fully saturated rings. The highest BCUT2D eigenvalue weighted by Gasteiger charge is 2.36. The summed E-state index contributed by atoms with van der Waals surface area (Å²) in [6.45, 7) is 6.80. The highest BCUT2D eigenvalue weighted by atomic mass is 16.5. The number of benzene rings is 1. The van der Waals surface area contributed by atoms with Gasteiger partial charge in [-0.15, -0.1) is 0 Å². The Bertz CT molecular complexity index is 813. The Morgan fingerprint density at radius 1 is 1.38 bits per heavy atom. The lowest BCUT2D eigenvalue weighted by Gasteiger charge is -2.21. The summed E-state index contributed by atoms with van der Waals surface area (Å²) in [4.78, 5) is 23.5. The Labute approximate surface area is 154 Å². The summed E-state index contributed by atoms with van der Waals surface area (Å²) in [7, 11) is 3.46. The van der Waals surface area contributed by atoms with E-state index in [0.717, 1.165) is 35.9 Å². The molecule has 2 heterocycles. The van der Waals surface area contributed by atoms with E-state index in [1.165, 1.54) is 7.11 Å². The summed E-state index contributed by atoms with van der Waals surface area (Å²) in [6.07, 6.45) is 0. The first-order chi connectivity index (χ1) is 12.5. The van der Waals surface area contributed by atoms with Crippen LogP contribution in [0, 0.1) is 11.8 Å². The predicted molar refractivity (Wildman–Crippen MR) is 102 cm³/mol. The molecule has 1 aromatic heterocycles. The largest absolute Gasteiger partial charge is 0.469 e. The average Bonchev–Trinajstić information content (AvgIpc) is 3.19. The van der Waals surface area contributed by atoms with Crippen molar-refractivity contribution in [2.45, 2.75) is 20.4 Å². The monoisotopic (exact) mass is 357 g/mol. The number of likely N-dealkylation sites (tertiary alicyclic amines) is 1. The molecule has 140 valence electrons. The van der Waals surface area contributed by atoms with E-state index in [0.29, 0.717) is 13.1 Å². The molecule has 26 heavy (non-hydrogen) atoms. The molecular formula is C19H27N5O2. The van der Waals surface area contributed by atoms with E-state index in [4.69, 9.17) is 9.73 Å². The number of hydrogen-bond donors (Lipinski definition) is 1. The van der Waals surface area contributed by atoms with Crippen LogP contribution in [0.3, 0.4) is 0 Å². The molecule has 1 aromatic carbocycles. The molecule has 0 spiro atoms. The van der Waals surface area contributed by atoms with Crippen LogP contribution in [0.25, 0.3) is 11.0 Å². The number of esters is 1. The molecule has 1 aliphatic heterocycles. The Kier molecular flexibility index (Phi) is 5.44. The van der Waals surface area contributed by atoms with E-state index in [1.807, 2.05) is 32.2 Å². The maximum atomic E-state index is 12.0. The maximum absolute atomic E-state index is 12.0. The average molecular weight is 357 g/mol. The SMILES string of the molecule is CCNC(=NCc1nc2ccccc2n1C)N1CC(C)C(C(=O)OC)C1. The minimum atomic E-state index is -0.147. The number of nitrogens with zero attached hydrogens (tertiary/aromatic N) is 4. The van der Waals surface area contributed by atoms with E-state index >= 15 is 0 Å². The summed E-state index contributed by atoms with van der Waals surface area (Å²) in [5, 5.41) is 3.33. The molecule has 2 aromatic rings. The van der Waals surface area contributed by atoms with Crippen LogP contribution in [-0.4, -0.2) is 53.1 Å². The van der Waals surface area contributed by atoms with Gasteiger partial charge >= 0.3 is 5.97 Å². The van der Waals surface area contributed by atoms with Gasteiger partial charge in [0, 0.05) is 26.7 Å². The molecule has 1 aliphatic rings. The third-order valence-electron chi connectivity index (χ3n) is 5.00. The third-order valence-corrected chi connectivity index (χ3v) is 5.00. The minimum absolute atomic E-state index is 0.111. The zero-order valence-corrected chi connectivity index (χ0v) is 15.9. The van der Waals surface area contributed by atoms with Crippen LogP contribution < -0.4 is 5.32 Å². The highest BCUT2D eigenvalue weighted by Crippen LogP contribution is 2.24. The van der Waals surface area contributed by atoms with Crippen LogP contribution in [0.15, 0.2) is 29.3 Å². The topological polar surface area (TPSA) is 71.8 Å². The van der Waals surface area contributed by atoms with E-state index < -0.39 is 0 Å². The number of para-hydroxylation sites is 2. The fourth-order valence-corrected chi connectivity index (χ4v) is 3.51. The Morgan fingerprint density at radius 2 is 2.15 bits per heavy atom. The van der Waals surface area contributed by atoms with Gasteiger partial charge in [-0.2, -0.15) is 0 Å². The minimum Gasteiger partial charge on any atom is -0.469 e. The van der Waals surface area contributed by atoms with Crippen molar-refractivity contribution >= 4 is 23.0 Å². The Hall–Kier alpha value is -2.57. The first-order valence-corrected chi connectivity index (χ1v) is 9.06. The lowest BCUT2D eigenvalue weighted by Crippen LogP contribution is -2.40. The molecule has 7 nitrogen and oxygen atoms in total. The van der Waals surface area contributed by atoms with Crippen molar-refractivity contribution in [1.29, 1.82) is 0 Å². The molecule has 0 radical (unpaired) electrons. The second-order valence-corrected chi connectivity index (χ2v) is 6.76. The zero-order valence-electron chi connectivity index (χ0n) is 15.9. The number of guanidine groups is 1. The normalized spacial score (nSPS) is 20.6. The molecule has 3 rings (SSSR count). The van der Waals surface area contributed by atoms with E-state index in [1.54, 1.807) is 0 Å². The molecular weight excluding hydrogens is 330 g/mol.